The highest BCUT2D eigenvalue weighted by atomic mass is 15.2. The largest absolute Gasteiger partial charge is 0.360 e. The van der Waals surface area contributed by atoms with Crippen LogP contribution >= 0.6 is 0 Å². The van der Waals surface area contributed by atoms with Crippen LogP contribution in [0.25, 0.3) is 0 Å². The molecule has 0 aliphatic carbocycles. The number of hydrogen-bond donors (Lipinski definition) is 1. The number of pyridine rings is 1. The zero-order chi connectivity index (χ0) is 15.6. The average Bonchev–Trinajstić information content (AvgIpc) is 2.83. The second-order valence-corrected chi connectivity index (χ2v) is 7.25. The molecule has 1 aromatic heterocycles. The van der Waals surface area contributed by atoms with Gasteiger partial charge in [0.05, 0.1) is 0 Å². The number of rotatable bonds is 4. The number of anilines is 1. The molecule has 0 bridgehead atoms. The number of nitrogens with zero attached hydrogens (tertiary/aromatic N) is 3. The molecular weight excluding hydrogens is 272 g/mol. The molecular formula is C18H30N4. The highest BCUT2D eigenvalue weighted by molar-refractivity contribution is 5.38. The van der Waals surface area contributed by atoms with Crippen molar-refractivity contribution in [1.29, 1.82) is 0 Å². The van der Waals surface area contributed by atoms with Crippen LogP contribution in [0.1, 0.15) is 38.7 Å². The Morgan fingerprint density at radius 2 is 2.14 bits per heavy atom. The summed E-state index contributed by atoms with van der Waals surface area (Å²) in [6.45, 7) is 10.2. The Morgan fingerprint density at radius 1 is 1.36 bits per heavy atom. The first kappa shape index (κ1) is 15.8. The second-order valence-electron chi connectivity index (χ2n) is 7.25. The van der Waals surface area contributed by atoms with Gasteiger partial charge in [0.25, 0.3) is 0 Å². The molecule has 3 heterocycles. The van der Waals surface area contributed by atoms with E-state index in [1.54, 1.807) is 0 Å². The first-order valence-electron chi connectivity index (χ1n) is 8.73. The van der Waals surface area contributed by atoms with Gasteiger partial charge in [-0.3, -0.25) is 4.90 Å². The van der Waals surface area contributed by atoms with Gasteiger partial charge in [0.15, 0.2) is 0 Å². The van der Waals surface area contributed by atoms with Gasteiger partial charge in [-0.1, -0.05) is 6.07 Å². The summed E-state index contributed by atoms with van der Waals surface area (Å²) in [7, 11) is 2.09. The van der Waals surface area contributed by atoms with E-state index in [2.05, 4.69) is 59.3 Å². The van der Waals surface area contributed by atoms with Gasteiger partial charge in [-0.2, -0.15) is 0 Å². The van der Waals surface area contributed by atoms with Crippen molar-refractivity contribution in [2.24, 2.45) is 5.41 Å². The molecule has 4 heteroatoms. The van der Waals surface area contributed by atoms with Gasteiger partial charge >= 0.3 is 0 Å². The lowest BCUT2D eigenvalue weighted by Crippen LogP contribution is -2.38. The predicted octanol–water partition coefficient (Wildman–Crippen LogP) is 2.50. The summed E-state index contributed by atoms with van der Waals surface area (Å²) >= 11 is 0. The molecule has 1 atom stereocenters. The van der Waals surface area contributed by atoms with E-state index in [1.165, 1.54) is 44.5 Å². The Balaban J connectivity index is 1.63. The molecule has 3 rings (SSSR count). The van der Waals surface area contributed by atoms with Crippen LogP contribution in [0.15, 0.2) is 18.3 Å². The Hall–Kier alpha value is -1.13. The smallest absolute Gasteiger partial charge is 0.128 e. The monoisotopic (exact) mass is 302 g/mol. The molecule has 0 aromatic carbocycles. The van der Waals surface area contributed by atoms with Gasteiger partial charge < -0.3 is 10.2 Å². The van der Waals surface area contributed by atoms with Gasteiger partial charge in [0, 0.05) is 38.9 Å². The lowest BCUT2D eigenvalue weighted by molar-refractivity contribution is 0.190. The van der Waals surface area contributed by atoms with Crippen LogP contribution in [0.3, 0.4) is 0 Å². The maximum absolute atomic E-state index is 4.61. The van der Waals surface area contributed by atoms with E-state index in [4.69, 9.17) is 0 Å². The van der Waals surface area contributed by atoms with E-state index in [0.29, 0.717) is 11.5 Å². The number of likely N-dealkylation sites (tertiary alicyclic amines) is 1. The molecule has 4 nitrogen and oxygen atoms in total. The highest BCUT2D eigenvalue weighted by Crippen LogP contribution is 2.42. The molecule has 22 heavy (non-hydrogen) atoms. The molecule has 1 N–H and O–H groups in total. The molecule has 2 aliphatic heterocycles. The third-order valence-corrected chi connectivity index (χ3v) is 5.61. The third kappa shape index (κ3) is 3.28. The van der Waals surface area contributed by atoms with E-state index >= 15 is 0 Å². The summed E-state index contributed by atoms with van der Waals surface area (Å²) in [5.74, 6) is 1.07. The van der Waals surface area contributed by atoms with E-state index < -0.39 is 0 Å². The molecule has 2 fully saturated rings. The topological polar surface area (TPSA) is 31.4 Å². The Bertz CT molecular complexity index is 478. The number of nitrogens with one attached hydrogen (secondary N) is 1. The van der Waals surface area contributed by atoms with Crippen molar-refractivity contribution in [3.05, 3.63) is 23.9 Å². The number of aromatic nitrogens is 1. The molecule has 2 saturated heterocycles. The van der Waals surface area contributed by atoms with Crippen molar-refractivity contribution < 1.29 is 0 Å². The molecule has 1 aromatic rings. The maximum Gasteiger partial charge on any atom is 0.128 e. The molecule has 0 amide bonds. The average molecular weight is 302 g/mol. The fourth-order valence-corrected chi connectivity index (χ4v) is 4.07. The number of piperidine rings is 1. The van der Waals surface area contributed by atoms with Gasteiger partial charge in [0.1, 0.15) is 5.82 Å². The summed E-state index contributed by atoms with van der Waals surface area (Å²) in [4.78, 5) is 9.44. The summed E-state index contributed by atoms with van der Waals surface area (Å²) in [5, 5.41) is 3.50. The SMILES string of the molecule is CCN(C)c1ccc(CN2CC3(CCNCC3)CC2C)cn1. The maximum atomic E-state index is 4.61. The van der Waals surface area contributed by atoms with Crippen LogP contribution in [0.2, 0.25) is 0 Å². The number of hydrogen-bond acceptors (Lipinski definition) is 4. The van der Waals surface area contributed by atoms with Crippen LogP contribution in [0, 0.1) is 5.41 Å². The Kier molecular flexibility index (Phi) is 4.69. The predicted molar refractivity (Wildman–Crippen MR) is 92.2 cm³/mol. The van der Waals surface area contributed by atoms with Gasteiger partial charge in [0.2, 0.25) is 0 Å². The fourth-order valence-electron chi connectivity index (χ4n) is 4.07. The summed E-state index contributed by atoms with van der Waals surface area (Å²) in [6, 6.07) is 5.09. The van der Waals surface area contributed by atoms with E-state index in [9.17, 15) is 0 Å². The van der Waals surface area contributed by atoms with Crippen LogP contribution in [-0.4, -0.2) is 49.2 Å². The minimum Gasteiger partial charge on any atom is -0.360 e. The van der Waals surface area contributed by atoms with Crippen molar-refractivity contribution in [3.63, 3.8) is 0 Å². The highest BCUT2D eigenvalue weighted by Gasteiger charge is 2.42. The van der Waals surface area contributed by atoms with Gasteiger partial charge in [-0.15, -0.1) is 0 Å². The first-order valence-corrected chi connectivity index (χ1v) is 8.73. The summed E-state index contributed by atoms with van der Waals surface area (Å²) in [5.41, 5.74) is 1.91. The summed E-state index contributed by atoms with van der Waals surface area (Å²) < 4.78 is 0. The van der Waals surface area contributed by atoms with Crippen LogP contribution in [-0.2, 0) is 6.54 Å². The molecule has 0 radical (unpaired) electrons. The summed E-state index contributed by atoms with van der Waals surface area (Å²) in [6.07, 6.45) is 6.10. The van der Waals surface area contributed by atoms with Crippen molar-refractivity contribution in [2.75, 3.05) is 38.1 Å². The normalized spacial score (nSPS) is 24.8. The van der Waals surface area contributed by atoms with Gasteiger partial charge in [-0.05, 0) is 63.2 Å². The Morgan fingerprint density at radius 3 is 2.77 bits per heavy atom. The zero-order valence-electron chi connectivity index (χ0n) is 14.3. The Labute approximate surface area is 134 Å². The molecule has 1 unspecified atom stereocenters. The van der Waals surface area contributed by atoms with Crippen molar-refractivity contribution in [2.45, 2.75) is 45.7 Å². The molecule has 2 aliphatic rings. The van der Waals surface area contributed by atoms with Crippen molar-refractivity contribution in [3.8, 4) is 0 Å². The van der Waals surface area contributed by atoms with Crippen LogP contribution < -0.4 is 10.2 Å². The quantitative estimate of drug-likeness (QED) is 0.926. The van der Waals surface area contributed by atoms with Crippen LogP contribution in [0.4, 0.5) is 5.82 Å². The van der Waals surface area contributed by atoms with E-state index in [1.807, 2.05) is 0 Å². The minimum absolute atomic E-state index is 0.570. The molecule has 1 spiro atoms. The third-order valence-electron chi connectivity index (χ3n) is 5.61. The fraction of sp³-hybridized carbons (Fsp3) is 0.722. The van der Waals surface area contributed by atoms with E-state index in [-0.39, 0.29) is 0 Å². The van der Waals surface area contributed by atoms with E-state index in [0.717, 1.165) is 18.9 Å². The second kappa shape index (κ2) is 6.55. The first-order chi connectivity index (χ1) is 10.6. The standard InChI is InChI=1S/C18H30N4/c1-4-21(3)17-6-5-16(12-20-17)13-22-14-18(11-15(22)2)7-9-19-10-8-18/h5-6,12,15,19H,4,7-11,13-14H2,1-3H3. The zero-order valence-corrected chi connectivity index (χ0v) is 14.3. The molecule has 122 valence electrons. The van der Waals surface area contributed by atoms with Gasteiger partial charge in [-0.25, -0.2) is 4.98 Å². The van der Waals surface area contributed by atoms with Crippen LogP contribution in [0.5, 0.6) is 0 Å². The lowest BCUT2D eigenvalue weighted by Gasteiger charge is -2.33. The molecule has 0 saturated carbocycles. The van der Waals surface area contributed by atoms with Crippen molar-refractivity contribution >= 4 is 5.82 Å². The minimum atomic E-state index is 0.570. The lowest BCUT2D eigenvalue weighted by atomic mass is 9.77. The van der Waals surface area contributed by atoms with Crippen molar-refractivity contribution in [1.82, 2.24) is 15.2 Å².